The molecule has 0 aliphatic rings. The van der Waals surface area contributed by atoms with E-state index in [1.807, 2.05) is 6.92 Å². The maximum atomic E-state index is 4.67. The fraction of sp³-hybridized carbons (Fsp3) is 0.500. The molecule has 2 nitrogen and oxygen atoms in total. The summed E-state index contributed by atoms with van der Waals surface area (Å²) in [6, 6.07) is 0. The molecule has 0 amide bonds. The highest BCUT2D eigenvalue weighted by Gasteiger charge is 1.99. The van der Waals surface area contributed by atoms with Gasteiger partial charge in [-0.2, -0.15) is 0 Å². The van der Waals surface area contributed by atoms with Crippen LogP contribution in [0.4, 0.5) is 0 Å². The van der Waals surface area contributed by atoms with Crippen molar-refractivity contribution >= 4 is 58.3 Å². The number of rotatable bonds is 2. The molecule has 58 valence electrons. The van der Waals surface area contributed by atoms with Crippen LogP contribution in [0.15, 0.2) is 0 Å². The second kappa shape index (κ2) is 5.17. The van der Waals surface area contributed by atoms with Gasteiger partial charge in [-0.1, -0.05) is 24.4 Å². The second-order valence-electron chi connectivity index (χ2n) is 1.62. The SMILES string of the molecule is CC(NC(=S)S)NC(=S)S. The zero-order valence-corrected chi connectivity index (χ0v) is 8.71. The first-order valence-corrected chi connectivity index (χ1v) is 4.22. The van der Waals surface area contributed by atoms with E-state index < -0.39 is 0 Å². The van der Waals surface area contributed by atoms with Crippen molar-refractivity contribution in [1.29, 1.82) is 0 Å². The Morgan fingerprint density at radius 1 is 1.20 bits per heavy atom. The first-order valence-electron chi connectivity index (χ1n) is 2.51. The van der Waals surface area contributed by atoms with Crippen molar-refractivity contribution in [1.82, 2.24) is 10.6 Å². The van der Waals surface area contributed by atoms with Crippen molar-refractivity contribution in [2.75, 3.05) is 0 Å². The smallest absolute Gasteiger partial charge is 0.132 e. The Bertz CT molecular complexity index is 130. The minimum atomic E-state index is -0.0185. The van der Waals surface area contributed by atoms with Crippen LogP contribution in [0.1, 0.15) is 6.92 Å². The van der Waals surface area contributed by atoms with E-state index in [1.165, 1.54) is 0 Å². The topological polar surface area (TPSA) is 24.1 Å². The molecule has 0 aromatic rings. The van der Waals surface area contributed by atoms with Gasteiger partial charge in [-0.3, -0.25) is 0 Å². The first kappa shape index (κ1) is 10.5. The molecule has 0 rings (SSSR count). The van der Waals surface area contributed by atoms with Crippen LogP contribution in [0.5, 0.6) is 0 Å². The molecule has 10 heavy (non-hydrogen) atoms. The fourth-order valence-corrected chi connectivity index (χ4v) is 1.15. The van der Waals surface area contributed by atoms with Crippen LogP contribution < -0.4 is 10.6 Å². The van der Waals surface area contributed by atoms with Gasteiger partial charge in [0.05, 0.1) is 6.17 Å². The molecule has 0 radical (unpaired) electrons. The predicted molar refractivity (Wildman–Crippen MR) is 58.9 cm³/mol. The number of nitrogens with one attached hydrogen (secondary N) is 2. The molecule has 6 heteroatoms. The molecule has 0 saturated heterocycles. The van der Waals surface area contributed by atoms with Gasteiger partial charge in [0.15, 0.2) is 0 Å². The molecule has 0 aromatic carbocycles. The van der Waals surface area contributed by atoms with E-state index >= 15 is 0 Å². The van der Waals surface area contributed by atoms with Crippen molar-refractivity contribution in [2.24, 2.45) is 0 Å². The van der Waals surface area contributed by atoms with Gasteiger partial charge < -0.3 is 10.6 Å². The van der Waals surface area contributed by atoms with E-state index in [0.717, 1.165) is 0 Å². The summed E-state index contributed by atoms with van der Waals surface area (Å²) in [5, 5.41) is 5.64. The number of thiocarbonyl (C=S) groups is 2. The van der Waals surface area contributed by atoms with Crippen molar-refractivity contribution in [2.45, 2.75) is 13.1 Å². The standard InChI is InChI=1S/C4H8N2S4/c1-2(5-3(7)8)6-4(9)10/h2H,1H3,(H2,5,7,8)(H2,6,9,10). The van der Waals surface area contributed by atoms with Crippen molar-refractivity contribution in [3.8, 4) is 0 Å². The van der Waals surface area contributed by atoms with Crippen LogP contribution >= 0.6 is 49.7 Å². The van der Waals surface area contributed by atoms with Crippen LogP contribution in [0.2, 0.25) is 0 Å². The maximum Gasteiger partial charge on any atom is 0.132 e. The van der Waals surface area contributed by atoms with Crippen molar-refractivity contribution in [3.63, 3.8) is 0 Å². The van der Waals surface area contributed by atoms with E-state index in [4.69, 9.17) is 0 Å². The third kappa shape index (κ3) is 6.60. The van der Waals surface area contributed by atoms with Crippen molar-refractivity contribution < 1.29 is 0 Å². The Morgan fingerprint density at radius 3 is 1.70 bits per heavy atom. The minimum Gasteiger partial charge on any atom is -0.352 e. The number of hydrogen-bond acceptors (Lipinski definition) is 2. The lowest BCUT2D eigenvalue weighted by Crippen LogP contribution is -2.41. The van der Waals surface area contributed by atoms with E-state index in [9.17, 15) is 0 Å². The average Bonchev–Trinajstić information content (AvgIpc) is 1.58. The van der Waals surface area contributed by atoms with Gasteiger partial charge in [-0.15, -0.1) is 25.3 Å². The van der Waals surface area contributed by atoms with Gasteiger partial charge in [0.25, 0.3) is 0 Å². The molecule has 0 heterocycles. The van der Waals surface area contributed by atoms with E-state index in [2.05, 4.69) is 60.3 Å². The molecule has 2 N–H and O–H groups in total. The quantitative estimate of drug-likeness (QED) is 0.311. The van der Waals surface area contributed by atoms with Gasteiger partial charge in [0.1, 0.15) is 8.64 Å². The van der Waals surface area contributed by atoms with Gasteiger partial charge in [0.2, 0.25) is 0 Å². The summed E-state index contributed by atoms with van der Waals surface area (Å²) in [7, 11) is 0. The molecule has 0 aliphatic carbocycles. The van der Waals surface area contributed by atoms with Crippen LogP contribution in [0.3, 0.4) is 0 Å². The van der Waals surface area contributed by atoms with Gasteiger partial charge in [-0.05, 0) is 6.92 Å². The Balaban J connectivity index is 3.53. The minimum absolute atomic E-state index is 0.0185. The lowest BCUT2D eigenvalue weighted by atomic mass is 10.6. The lowest BCUT2D eigenvalue weighted by Gasteiger charge is -2.14. The largest absolute Gasteiger partial charge is 0.352 e. The number of thiol groups is 2. The summed E-state index contributed by atoms with van der Waals surface area (Å²) in [5.74, 6) is 0. The molecule has 0 aliphatic heterocycles. The normalized spacial score (nSPS) is 9.20. The zero-order valence-electron chi connectivity index (χ0n) is 5.29. The third-order valence-electron chi connectivity index (χ3n) is 0.680. The van der Waals surface area contributed by atoms with E-state index in [1.54, 1.807) is 0 Å². The molecule has 0 unspecified atom stereocenters. The van der Waals surface area contributed by atoms with E-state index in [-0.39, 0.29) is 6.17 Å². The summed E-state index contributed by atoms with van der Waals surface area (Å²) in [5.41, 5.74) is 0. The molecule has 0 aromatic heterocycles. The predicted octanol–water partition coefficient (Wildman–Crippen LogP) is 0.941. The van der Waals surface area contributed by atoms with Crippen LogP contribution in [0, 0.1) is 0 Å². The van der Waals surface area contributed by atoms with Gasteiger partial charge in [0, 0.05) is 0 Å². The molecular formula is C4H8N2S4. The molecular weight excluding hydrogens is 204 g/mol. The van der Waals surface area contributed by atoms with Crippen LogP contribution in [-0.2, 0) is 0 Å². The highest BCUT2D eigenvalue weighted by molar-refractivity contribution is 8.11. The Morgan fingerprint density at radius 2 is 1.50 bits per heavy atom. The molecule has 0 spiro atoms. The average molecular weight is 212 g/mol. The monoisotopic (exact) mass is 212 g/mol. The Labute approximate surface area is 82.0 Å². The highest BCUT2D eigenvalue weighted by atomic mass is 32.1. The second-order valence-corrected chi connectivity index (χ2v) is 3.94. The third-order valence-corrected chi connectivity index (χ3v) is 1.17. The molecule has 0 saturated carbocycles. The summed E-state index contributed by atoms with van der Waals surface area (Å²) in [4.78, 5) is 0. The number of hydrogen-bond donors (Lipinski definition) is 4. The zero-order chi connectivity index (χ0) is 8.15. The van der Waals surface area contributed by atoms with Gasteiger partial charge >= 0.3 is 0 Å². The first-order chi connectivity index (χ1) is 4.52. The van der Waals surface area contributed by atoms with Crippen LogP contribution in [0.25, 0.3) is 0 Å². The van der Waals surface area contributed by atoms with E-state index in [0.29, 0.717) is 8.64 Å². The van der Waals surface area contributed by atoms with Gasteiger partial charge in [-0.25, -0.2) is 0 Å². The fourth-order valence-electron chi connectivity index (χ4n) is 0.407. The molecule has 0 bridgehead atoms. The summed E-state index contributed by atoms with van der Waals surface area (Å²) in [6.45, 7) is 1.87. The maximum absolute atomic E-state index is 4.67. The Hall–Kier alpha value is 0.480. The highest BCUT2D eigenvalue weighted by Crippen LogP contribution is 1.84. The summed E-state index contributed by atoms with van der Waals surface area (Å²) < 4.78 is 0.870. The molecule has 0 fully saturated rings. The summed E-state index contributed by atoms with van der Waals surface area (Å²) >= 11 is 17.1. The Kier molecular flexibility index (Phi) is 5.42. The van der Waals surface area contributed by atoms with Crippen LogP contribution in [-0.4, -0.2) is 14.8 Å². The molecule has 0 atom stereocenters. The summed E-state index contributed by atoms with van der Waals surface area (Å²) in [6.07, 6.45) is -0.0185. The van der Waals surface area contributed by atoms with Crippen molar-refractivity contribution in [3.05, 3.63) is 0 Å². The lowest BCUT2D eigenvalue weighted by molar-refractivity contribution is 0.644.